The highest BCUT2D eigenvalue weighted by atomic mass is 32.2. The SMILES string of the molecule is COc1cccc(C(=O)Nc2ccc(Oc3c(C)c(C(=O)O)nn3C(C)(C)C)c(S(=O)(=O)NCC(C)C)c2)c1. The molecule has 0 radical (unpaired) electrons. The number of carbonyl (C=O) groups excluding carboxylic acids is 1. The number of aromatic carboxylic acids is 1. The molecular weight excluding hydrogens is 524 g/mol. The Balaban J connectivity index is 2.09. The molecule has 3 aromatic rings. The van der Waals surface area contributed by atoms with Crippen molar-refractivity contribution in [1.29, 1.82) is 0 Å². The molecule has 0 saturated heterocycles. The Morgan fingerprint density at radius 3 is 2.41 bits per heavy atom. The van der Waals surface area contributed by atoms with Crippen molar-refractivity contribution in [3.05, 3.63) is 59.3 Å². The van der Waals surface area contributed by atoms with E-state index in [4.69, 9.17) is 9.47 Å². The van der Waals surface area contributed by atoms with Crippen LogP contribution in [0.3, 0.4) is 0 Å². The zero-order chi connectivity index (χ0) is 29.1. The van der Waals surface area contributed by atoms with Crippen LogP contribution in [0.1, 0.15) is 61.0 Å². The predicted molar refractivity (Wildman–Crippen MR) is 146 cm³/mol. The standard InChI is InChI=1S/C27H34N4O7S/c1-16(2)15-28-39(35,36)22-14-19(29-24(32)18-9-8-10-20(13-18)37-7)11-12-21(22)38-25-17(3)23(26(33)34)30-31(25)27(4,5)6/h8-14,16,28H,15H2,1-7H3,(H,29,32)(H,33,34). The lowest BCUT2D eigenvalue weighted by Crippen LogP contribution is -2.28. The Kier molecular flexibility index (Phi) is 8.71. The number of nitrogens with one attached hydrogen (secondary N) is 2. The monoisotopic (exact) mass is 558 g/mol. The molecule has 3 N–H and O–H groups in total. The summed E-state index contributed by atoms with van der Waals surface area (Å²) in [6, 6.07) is 10.7. The van der Waals surface area contributed by atoms with Gasteiger partial charge in [0.2, 0.25) is 15.9 Å². The van der Waals surface area contributed by atoms with Crippen molar-refractivity contribution in [1.82, 2.24) is 14.5 Å². The van der Waals surface area contributed by atoms with Gasteiger partial charge in [0.15, 0.2) is 5.69 Å². The van der Waals surface area contributed by atoms with Gasteiger partial charge in [0.1, 0.15) is 16.4 Å². The number of nitrogens with zero attached hydrogens (tertiary/aromatic N) is 2. The highest BCUT2D eigenvalue weighted by molar-refractivity contribution is 7.89. The molecule has 39 heavy (non-hydrogen) atoms. The van der Waals surface area contributed by atoms with Crippen LogP contribution in [-0.2, 0) is 15.6 Å². The Bertz CT molecular complexity index is 1490. The summed E-state index contributed by atoms with van der Waals surface area (Å²) in [4.78, 5) is 24.4. The Morgan fingerprint density at radius 2 is 1.82 bits per heavy atom. The van der Waals surface area contributed by atoms with Crippen LogP contribution >= 0.6 is 0 Å². The quantitative estimate of drug-likeness (QED) is 0.326. The Hall–Kier alpha value is -3.90. The smallest absolute Gasteiger partial charge is 0.356 e. The van der Waals surface area contributed by atoms with Crippen molar-refractivity contribution >= 4 is 27.6 Å². The number of ether oxygens (including phenoxy) is 2. The number of anilines is 1. The average Bonchev–Trinajstić information content (AvgIpc) is 3.20. The van der Waals surface area contributed by atoms with Gasteiger partial charge in [-0.05, 0) is 70.0 Å². The molecule has 0 aliphatic rings. The number of carbonyl (C=O) groups is 2. The molecule has 0 fully saturated rings. The van der Waals surface area contributed by atoms with Crippen molar-refractivity contribution < 1.29 is 32.6 Å². The van der Waals surface area contributed by atoms with Crippen LogP contribution in [0.5, 0.6) is 17.4 Å². The molecule has 0 atom stereocenters. The zero-order valence-electron chi connectivity index (χ0n) is 23.0. The minimum absolute atomic E-state index is 0.0304. The molecule has 210 valence electrons. The number of aromatic nitrogens is 2. The number of methoxy groups -OCH3 is 1. The first kappa shape index (κ1) is 29.7. The molecule has 12 heteroatoms. The number of hydrogen-bond acceptors (Lipinski definition) is 7. The number of sulfonamides is 1. The molecule has 1 amide bonds. The highest BCUT2D eigenvalue weighted by Crippen LogP contribution is 2.36. The van der Waals surface area contributed by atoms with E-state index in [1.54, 1.807) is 31.2 Å². The second-order valence-corrected chi connectivity index (χ2v) is 12.1. The van der Waals surface area contributed by atoms with Crippen molar-refractivity contribution in [3.8, 4) is 17.4 Å². The minimum atomic E-state index is -4.10. The van der Waals surface area contributed by atoms with Crippen LogP contribution in [0.15, 0.2) is 47.4 Å². The van der Waals surface area contributed by atoms with E-state index in [0.717, 1.165) is 0 Å². The van der Waals surface area contributed by atoms with Crippen LogP contribution < -0.4 is 19.5 Å². The maximum Gasteiger partial charge on any atom is 0.356 e. The van der Waals surface area contributed by atoms with Crippen LogP contribution in [0.2, 0.25) is 0 Å². The first-order chi connectivity index (χ1) is 18.1. The normalized spacial score (nSPS) is 11.9. The summed E-state index contributed by atoms with van der Waals surface area (Å²) in [6.45, 7) is 10.9. The van der Waals surface area contributed by atoms with Crippen molar-refractivity contribution in [2.24, 2.45) is 5.92 Å². The lowest BCUT2D eigenvalue weighted by atomic mass is 10.1. The van der Waals surface area contributed by atoms with Gasteiger partial charge in [-0.1, -0.05) is 19.9 Å². The fourth-order valence-corrected chi connectivity index (χ4v) is 4.93. The first-order valence-corrected chi connectivity index (χ1v) is 13.7. The molecule has 3 rings (SSSR count). The summed E-state index contributed by atoms with van der Waals surface area (Å²) in [5.74, 6) is -1.14. The van der Waals surface area contributed by atoms with E-state index in [1.165, 1.54) is 30.0 Å². The summed E-state index contributed by atoms with van der Waals surface area (Å²) in [7, 11) is -2.61. The van der Waals surface area contributed by atoms with Crippen molar-refractivity contribution in [2.75, 3.05) is 19.0 Å². The fourth-order valence-electron chi connectivity index (χ4n) is 3.56. The van der Waals surface area contributed by atoms with Gasteiger partial charge >= 0.3 is 5.97 Å². The van der Waals surface area contributed by atoms with Crippen molar-refractivity contribution in [3.63, 3.8) is 0 Å². The lowest BCUT2D eigenvalue weighted by molar-refractivity contribution is 0.0687. The van der Waals surface area contributed by atoms with E-state index >= 15 is 0 Å². The van der Waals surface area contributed by atoms with Gasteiger partial charge in [-0.3, -0.25) is 4.79 Å². The second kappa shape index (κ2) is 11.5. The molecule has 11 nitrogen and oxygen atoms in total. The summed E-state index contributed by atoms with van der Waals surface area (Å²) in [5.41, 5.74) is -0.0982. The van der Waals surface area contributed by atoms with E-state index in [-0.39, 0.29) is 45.9 Å². The van der Waals surface area contributed by atoms with Crippen molar-refractivity contribution in [2.45, 2.75) is 52.0 Å². The number of carboxylic acid groups (broad SMARTS) is 1. The maximum absolute atomic E-state index is 13.4. The molecule has 0 spiro atoms. The van der Waals surface area contributed by atoms with Gasteiger partial charge in [0, 0.05) is 23.4 Å². The third-order valence-corrected chi connectivity index (χ3v) is 7.06. The summed E-state index contributed by atoms with van der Waals surface area (Å²) >= 11 is 0. The molecule has 0 saturated carbocycles. The van der Waals surface area contributed by atoms with Gasteiger partial charge in [-0.2, -0.15) is 5.10 Å². The van der Waals surface area contributed by atoms with E-state index in [0.29, 0.717) is 11.3 Å². The number of benzene rings is 2. The largest absolute Gasteiger partial charge is 0.497 e. The number of carboxylic acids is 1. The summed E-state index contributed by atoms with van der Waals surface area (Å²) in [5, 5.41) is 16.5. The molecule has 0 aliphatic carbocycles. The zero-order valence-corrected chi connectivity index (χ0v) is 23.8. The predicted octanol–water partition coefficient (Wildman–Crippen LogP) is 4.63. The number of amides is 1. The number of rotatable bonds is 10. The van der Waals surface area contributed by atoms with Crippen LogP contribution in [0.4, 0.5) is 5.69 Å². The molecule has 0 bridgehead atoms. The van der Waals surface area contributed by atoms with E-state index in [1.807, 2.05) is 34.6 Å². The third kappa shape index (κ3) is 6.95. The molecule has 1 heterocycles. The molecular formula is C27H34N4O7S. The van der Waals surface area contributed by atoms with Crippen LogP contribution in [0, 0.1) is 12.8 Å². The molecule has 2 aromatic carbocycles. The molecule has 0 aliphatic heterocycles. The lowest BCUT2D eigenvalue weighted by Gasteiger charge is -2.23. The Labute approximate surface area is 228 Å². The van der Waals surface area contributed by atoms with Gasteiger partial charge in [-0.15, -0.1) is 0 Å². The van der Waals surface area contributed by atoms with Crippen LogP contribution in [-0.4, -0.2) is 48.8 Å². The third-order valence-electron chi connectivity index (χ3n) is 5.62. The van der Waals surface area contributed by atoms with Gasteiger partial charge in [-0.25, -0.2) is 22.6 Å². The minimum Gasteiger partial charge on any atom is -0.497 e. The van der Waals surface area contributed by atoms with E-state index in [9.17, 15) is 23.1 Å². The van der Waals surface area contributed by atoms with E-state index < -0.39 is 27.4 Å². The number of hydrogen-bond donors (Lipinski definition) is 3. The Morgan fingerprint density at radius 1 is 1.13 bits per heavy atom. The highest BCUT2D eigenvalue weighted by Gasteiger charge is 2.29. The molecule has 0 unspecified atom stereocenters. The average molecular weight is 559 g/mol. The molecule has 1 aromatic heterocycles. The van der Waals surface area contributed by atoms with Gasteiger partial charge < -0.3 is 19.9 Å². The summed E-state index contributed by atoms with van der Waals surface area (Å²) < 4.78 is 42.0. The fraction of sp³-hybridized carbons (Fsp3) is 0.370. The second-order valence-electron chi connectivity index (χ2n) is 10.4. The summed E-state index contributed by atoms with van der Waals surface area (Å²) in [6.07, 6.45) is 0. The maximum atomic E-state index is 13.4. The van der Waals surface area contributed by atoms with E-state index in [2.05, 4.69) is 15.1 Å². The topological polar surface area (TPSA) is 149 Å². The first-order valence-electron chi connectivity index (χ1n) is 12.2. The van der Waals surface area contributed by atoms with Gasteiger partial charge in [0.05, 0.1) is 12.6 Å². The van der Waals surface area contributed by atoms with Gasteiger partial charge in [0.25, 0.3) is 5.91 Å². The van der Waals surface area contributed by atoms with Crippen LogP contribution in [0.25, 0.3) is 0 Å².